The lowest BCUT2D eigenvalue weighted by molar-refractivity contribution is 0.477. The van der Waals surface area contributed by atoms with Gasteiger partial charge in [0.05, 0.1) is 5.25 Å². The van der Waals surface area contributed by atoms with Crippen molar-refractivity contribution < 1.29 is 8.42 Å². The van der Waals surface area contributed by atoms with Gasteiger partial charge < -0.3 is 0 Å². The molecule has 0 radical (unpaired) electrons. The zero-order valence-electron chi connectivity index (χ0n) is 8.66. The van der Waals surface area contributed by atoms with Gasteiger partial charge >= 0.3 is 0 Å². The second-order valence-electron chi connectivity index (χ2n) is 4.16. The second kappa shape index (κ2) is 4.81. The molecule has 3 nitrogen and oxygen atoms in total. The summed E-state index contributed by atoms with van der Waals surface area (Å²) >= 11 is 5.78. The van der Waals surface area contributed by atoms with Gasteiger partial charge in [-0.25, -0.2) is 13.1 Å². The van der Waals surface area contributed by atoms with Crippen LogP contribution < -0.4 is 4.72 Å². The van der Waals surface area contributed by atoms with Crippen LogP contribution in [0.15, 0.2) is 0 Å². The maximum Gasteiger partial charge on any atom is 0.214 e. The van der Waals surface area contributed by atoms with E-state index < -0.39 is 10.0 Å². The van der Waals surface area contributed by atoms with E-state index in [0.29, 0.717) is 11.8 Å². The van der Waals surface area contributed by atoms with E-state index in [1.165, 1.54) is 0 Å². The third-order valence-corrected chi connectivity index (χ3v) is 5.06. The van der Waals surface area contributed by atoms with E-state index >= 15 is 0 Å². The van der Waals surface area contributed by atoms with Gasteiger partial charge in [0.1, 0.15) is 0 Å². The van der Waals surface area contributed by atoms with Gasteiger partial charge in [0.15, 0.2) is 0 Å². The molecule has 2 unspecified atom stereocenters. The van der Waals surface area contributed by atoms with Gasteiger partial charge in [0, 0.05) is 11.9 Å². The van der Waals surface area contributed by atoms with E-state index in [-0.39, 0.29) is 11.3 Å². The minimum absolute atomic E-state index is 0.0555. The Kier molecular flexibility index (Phi) is 4.22. The molecule has 1 aliphatic rings. The summed E-state index contributed by atoms with van der Waals surface area (Å²) in [7, 11) is -3.13. The summed E-state index contributed by atoms with van der Waals surface area (Å²) in [5.74, 6) is 0.857. The Bertz CT molecular complexity index is 277. The summed E-state index contributed by atoms with van der Waals surface area (Å²) in [6, 6.07) is 0.0555. The fraction of sp³-hybridized carbons (Fsp3) is 1.00. The molecule has 0 bridgehead atoms. The Morgan fingerprint density at radius 1 is 1.43 bits per heavy atom. The highest BCUT2D eigenvalue weighted by Gasteiger charge is 2.30. The second-order valence-corrected chi connectivity index (χ2v) is 6.74. The van der Waals surface area contributed by atoms with Gasteiger partial charge in [0.2, 0.25) is 10.0 Å². The van der Waals surface area contributed by atoms with E-state index in [1.807, 2.05) is 0 Å². The van der Waals surface area contributed by atoms with Crippen LogP contribution in [0, 0.1) is 5.92 Å². The predicted molar refractivity (Wildman–Crippen MR) is 59.0 cm³/mol. The number of rotatable bonds is 4. The van der Waals surface area contributed by atoms with Crippen molar-refractivity contribution in [2.24, 2.45) is 5.92 Å². The lowest BCUT2D eigenvalue weighted by Crippen LogP contribution is -2.41. The standard InChI is InChI=1S/C9H18ClNO2S/c1-7(2)14(12,13)11-9-5-3-4-8(9)6-10/h7-9,11H,3-6H2,1-2H3. The Balaban J connectivity index is 2.60. The first-order chi connectivity index (χ1) is 6.47. The van der Waals surface area contributed by atoms with Crippen LogP contribution in [0.25, 0.3) is 0 Å². The average molecular weight is 240 g/mol. The maximum absolute atomic E-state index is 11.6. The van der Waals surface area contributed by atoms with Crippen molar-refractivity contribution in [3.05, 3.63) is 0 Å². The summed E-state index contributed by atoms with van der Waals surface area (Å²) in [5, 5.41) is -0.362. The molecule has 0 aromatic heterocycles. The molecule has 1 N–H and O–H groups in total. The molecule has 2 atom stereocenters. The summed E-state index contributed by atoms with van der Waals surface area (Å²) in [4.78, 5) is 0. The quantitative estimate of drug-likeness (QED) is 0.760. The van der Waals surface area contributed by atoms with Crippen molar-refractivity contribution in [1.82, 2.24) is 4.72 Å². The third-order valence-electron chi connectivity index (χ3n) is 2.79. The SMILES string of the molecule is CC(C)S(=O)(=O)NC1CCCC1CCl. The molecule has 1 aliphatic carbocycles. The molecule has 1 fully saturated rings. The summed E-state index contributed by atoms with van der Waals surface area (Å²) in [6.07, 6.45) is 3.03. The van der Waals surface area contributed by atoms with Crippen LogP contribution in [0.2, 0.25) is 0 Å². The largest absolute Gasteiger partial charge is 0.214 e. The molecule has 84 valence electrons. The van der Waals surface area contributed by atoms with E-state index in [0.717, 1.165) is 19.3 Å². The van der Waals surface area contributed by atoms with Gasteiger partial charge in [0.25, 0.3) is 0 Å². The molecule has 1 rings (SSSR count). The Morgan fingerprint density at radius 3 is 2.57 bits per heavy atom. The van der Waals surface area contributed by atoms with E-state index in [2.05, 4.69) is 4.72 Å². The topological polar surface area (TPSA) is 46.2 Å². The third kappa shape index (κ3) is 2.84. The smallest absolute Gasteiger partial charge is 0.212 e. The van der Waals surface area contributed by atoms with Crippen molar-refractivity contribution in [2.75, 3.05) is 5.88 Å². The van der Waals surface area contributed by atoms with Crippen molar-refractivity contribution in [2.45, 2.75) is 44.4 Å². The van der Waals surface area contributed by atoms with Gasteiger partial charge in [-0.15, -0.1) is 11.6 Å². The van der Waals surface area contributed by atoms with Crippen LogP contribution in [0.3, 0.4) is 0 Å². The molecule has 5 heteroatoms. The molecule has 1 saturated carbocycles. The minimum atomic E-state index is -3.13. The van der Waals surface area contributed by atoms with Crippen LogP contribution in [0.5, 0.6) is 0 Å². The normalized spacial score (nSPS) is 28.6. The molecule has 0 aromatic carbocycles. The van der Waals surface area contributed by atoms with E-state index in [9.17, 15) is 8.42 Å². The molecular weight excluding hydrogens is 222 g/mol. The molecular formula is C9H18ClNO2S. The number of alkyl halides is 1. The molecule has 0 aliphatic heterocycles. The molecule has 0 spiro atoms. The number of hydrogen-bond donors (Lipinski definition) is 1. The van der Waals surface area contributed by atoms with Crippen molar-refractivity contribution in [3.8, 4) is 0 Å². The van der Waals surface area contributed by atoms with E-state index in [4.69, 9.17) is 11.6 Å². The fourth-order valence-corrected chi connectivity index (χ4v) is 3.10. The Morgan fingerprint density at radius 2 is 2.07 bits per heavy atom. The van der Waals surface area contributed by atoms with Crippen molar-refractivity contribution in [1.29, 1.82) is 0 Å². The van der Waals surface area contributed by atoms with Crippen LogP contribution >= 0.6 is 11.6 Å². The van der Waals surface area contributed by atoms with Gasteiger partial charge in [-0.2, -0.15) is 0 Å². The summed E-state index contributed by atoms with van der Waals surface area (Å²) in [5.41, 5.74) is 0. The molecule has 0 amide bonds. The first-order valence-electron chi connectivity index (χ1n) is 5.04. The highest BCUT2D eigenvalue weighted by atomic mass is 35.5. The van der Waals surface area contributed by atoms with Crippen molar-refractivity contribution >= 4 is 21.6 Å². The van der Waals surface area contributed by atoms with Crippen LogP contribution in [0.4, 0.5) is 0 Å². The first-order valence-corrected chi connectivity index (χ1v) is 7.12. The van der Waals surface area contributed by atoms with Crippen LogP contribution in [-0.4, -0.2) is 25.6 Å². The predicted octanol–water partition coefficient (Wildman–Crippen LogP) is 1.72. The summed E-state index contributed by atoms with van der Waals surface area (Å²) < 4.78 is 25.9. The molecule has 0 saturated heterocycles. The zero-order chi connectivity index (χ0) is 10.8. The Labute approximate surface area is 91.3 Å². The Hall–Kier alpha value is 0.200. The number of halogens is 1. The number of sulfonamides is 1. The first kappa shape index (κ1) is 12.3. The van der Waals surface area contributed by atoms with Gasteiger partial charge in [-0.1, -0.05) is 6.42 Å². The fourth-order valence-electron chi connectivity index (χ4n) is 1.72. The molecule has 0 heterocycles. The molecule has 0 aromatic rings. The lowest BCUT2D eigenvalue weighted by atomic mass is 10.1. The van der Waals surface area contributed by atoms with E-state index in [1.54, 1.807) is 13.8 Å². The van der Waals surface area contributed by atoms with Gasteiger partial charge in [-0.3, -0.25) is 0 Å². The van der Waals surface area contributed by atoms with Crippen molar-refractivity contribution in [3.63, 3.8) is 0 Å². The lowest BCUT2D eigenvalue weighted by Gasteiger charge is -2.20. The highest BCUT2D eigenvalue weighted by Crippen LogP contribution is 2.27. The van der Waals surface area contributed by atoms with Crippen LogP contribution in [0.1, 0.15) is 33.1 Å². The monoisotopic (exact) mass is 239 g/mol. The maximum atomic E-state index is 11.6. The molecule has 14 heavy (non-hydrogen) atoms. The summed E-state index contributed by atoms with van der Waals surface area (Å²) in [6.45, 7) is 3.37. The zero-order valence-corrected chi connectivity index (χ0v) is 10.2. The van der Waals surface area contributed by atoms with Crippen LogP contribution in [-0.2, 0) is 10.0 Å². The highest BCUT2D eigenvalue weighted by molar-refractivity contribution is 7.90. The minimum Gasteiger partial charge on any atom is -0.212 e. The average Bonchev–Trinajstić information content (AvgIpc) is 2.50. The van der Waals surface area contributed by atoms with Gasteiger partial charge in [-0.05, 0) is 32.6 Å². The number of hydrogen-bond acceptors (Lipinski definition) is 2. The number of nitrogens with one attached hydrogen (secondary N) is 1.